The largest absolute Gasteiger partial charge is 0.396 e. The first-order valence-corrected chi connectivity index (χ1v) is 6.79. The number of hydrogen-bond donors (Lipinski definition) is 5. The number of aliphatic hydroxyl groups is 5. The van der Waals surface area contributed by atoms with E-state index in [1.54, 1.807) is 0 Å². The monoisotopic (exact) mass is 264 g/mol. The second-order valence-electron chi connectivity index (χ2n) is 4.79. The summed E-state index contributed by atoms with van der Waals surface area (Å²) in [5, 5.41) is 45.6. The highest BCUT2D eigenvalue weighted by molar-refractivity contribution is 4.77. The first-order chi connectivity index (χ1) is 8.74. The summed E-state index contributed by atoms with van der Waals surface area (Å²) in [6.45, 7) is 0.183. The van der Waals surface area contributed by atoms with Crippen molar-refractivity contribution >= 4 is 0 Å². The third-order valence-electron chi connectivity index (χ3n) is 3.61. The second-order valence-corrected chi connectivity index (χ2v) is 4.79. The fourth-order valence-electron chi connectivity index (χ4n) is 2.58. The first kappa shape index (κ1) is 17.8. The molecule has 5 N–H and O–H groups in total. The van der Waals surface area contributed by atoms with Crippen molar-refractivity contribution in [2.45, 2.75) is 32.1 Å². The fourth-order valence-corrected chi connectivity index (χ4v) is 2.58. The predicted octanol–water partition coefficient (Wildman–Crippen LogP) is -0.253. The lowest BCUT2D eigenvalue weighted by Crippen LogP contribution is -2.30. The molecule has 0 fully saturated rings. The van der Waals surface area contributed by atoms with E-state index in [2.05, 4.69) is 0 Å². The second kappa shape index (κ2) is 11.9. The first-order valence-electron chi connectivity index (χ1n) is 6.79. The Bertz CT molecular complexity index is 177. The van der Waals surface area contributed by atoms with Crippen LogP contribution in [0.25, 0.3) is 0 Å². The van der Waals surface area contributed by atoms with Gasteiger partial charge in [-0.05, 0) is 49.9 Å². The molecule has 0 aromatic carbocycles. The summed E-state index contributed by atoms with van der Waals surface area (Å²) in [4.78, 5) is 0. The zero-order valence-electron chi connectivity index (χ0n) is 11.0. The maximum Gasteiger partial charge on any atom is 0.0462 e. The smallest absolute Gasteiger partial charge is 0.0462 e. The Balaban J connectivity index is 4.56. The van der Waals surface area contributed by atoms with E-state index in [1.165, 1.54) is 0 Å². The van der Waals surface area contributed by atoms with Crippen molar-refractivity contribution < 1.29 is 25.5 Å². The molecule has 0 aliphatic rings. The fraction of sp³-hybridized carbons (Fsp3) is 1.00. The standard InChI is InChI=1S/C13H28O5/c14-6-1-3-11(9-17)13(4-2-7-15)12(10-18)5-8-16/h11-18H,1-10H2. The van der Waals surface area contributed by atoms with Crippen molar-refractivity contribution in [1.29, 1.82) is 0 Å². The molecule has 110 valence electrons. The van der Waals surface area contributed by atoms with Crippen molar-refractivity contribution in [3.8, 4) is 0 Å². The van der Waals surface area contributed by atoms with Gasteiger partial charge in [0.1, 0.15) is 0 Å². The summed E-state index contributed by atoms with van der Waals surface area (Å²) < 4.78 is 0. The Morgan fingerprint density at radius 2 is 1.06 bits per heavy atom. The van der Waals surface area contributed by atoms with Gasteiger partial charge in [-0.2, -0.15) is 0 Å². The van der Waals surface area contributed by atoms with Crippen LogP contribution in [0.5, 0.6) is 0 Å². The highest BCUT2D eigenvalue weighted by Gasteiger charge is 2.27. The number of hydrogen-bond acceptors (Lipinski definition) is 5. The van der Waals surface area contributed by atoms with Crippen LogP contribution in [0.4, 0.5) is 0 Å². The molecule has 18 heavy (non-hydrogen) atoms. The van der Waals surface area contributed by atoms with E-state index >= 15 is 0 Å². The molecule has 0 saturated heterocycles. The zero-order chi connectivity index (χ0) is 13.8. The van der Waals surface area contributed by atoms with Crippen LogP contribution < -0.4 is 0 Å². The van der Waals surface area contributed by atoms with E-state index in [9.17, 15) is 10.2 Å². The summed E-state index contributed by atoms with van der Waals surface area (Å²) >= 11 is 0. The van der Waals surface area contributed by atoms with Crippen molar-refractivity contribution in [2.24, 2.45) is 17.8 Å². The maximum absolute atomic E-state index is 9.45. The highest BCUT2D eigenvalue weighted by atomic mass is 16.3. The average Bonchev–Trinajstić information content (AvgIpc) is 2.40. The average molecular weight is 264 g/mol. The molecule has 0 aliphatic carbocycles. The Kier molecular flexibility index (Phi) is 11.7. The lowest BCUT2D eigenvalue weighted by atomic mass is 9.76. The summed E-state index contributed by atoms with van der Waals surface area (Å²) in [5.74, 6) is 0.0237. The number of aliphatic hydroxyl groups excluding tert-OH is 5. The molecule has 0 spiro atoms. The van der Waals surface area contributed by atoms with Crippen molar-refractivity contribution in [2.75, 3.05) is 33.0 Å². The van der Waals surface area contributed by atoms with E-state index in [-0.39, 0.29) is 50.8 Å². The van der Waals surface area contributed by atoms with E-state index in [4.69, 9.17) is 15.3 Å². The molecule has 0 aromatic rings. The molecule has 0 rings (SSSR count). The molecule has 0 bridgehead atoms. The van der Waals surface area contributed by atoms with Gasteiger partial charge in [0.05, 0.1) is 0 Å². The van der Waals surface area contributed by atoms with Crippen LogP contribution in [0.1, 0.15) is 32.1 Å². The Morgan fingerprint density at radius 1 is 0.556 bits per heavy atom. The minimum Gasteiger partial charge on any atom is -0.396 e. The van der Waals surface area contributed by atoms with Gasteiger partial charge in [0.25, 0.3) is 0 Å². The third-order valence-corrected chi connectivity index (χ3v) is 3.61. The molecule has 3 atom stereocenters. The van der Waals surface area contributed by atoms with E-state index in [0.717, 1.165) is 6.42 Å². The zero-order valence-corrected chi connectivity index (χ0v) is 11.0. The summed E-state index contributed by atoms with van der Waals surface area (Å²) in [6.07, 6.45) is 3.17. The molecule has 0 saturated carbocycles. The molecular formula is C13H28O5. The normalized spacial score (nSPS) is 16.5. The SMILES string of the molecule is OCCCC(CO)C(CCCO)C(CO)CCO. The van der Waals surface area contributed by atoms with Gasteiger partial charge < -0.3 is 25.5 Å². The summed E-state index contributed by atoms with van der Waals surface area (Å²) in [7, 11) is 0. The van der Waals surface area contributed by atoms with Gasteiger partial charge in [-0.25, -0.2) is 0 Å². The molecule has 0 amide bonds. The lowest BCUT2D eigenvalue weighted by Gasteiger charge is -2.32. The maximum atomic E-state index is 9.45. The van der Waals surface area contributed by atoms with Crippen LogP contribution in [0.15, 0.2) is 0 Å². The molecule has 0 aliphatic heterocycles. The van der Waals surface area contributed by atoms with Gasteiger partial charge >= 0.3 is 0 Å². The van der Waals surface area contributed by atoms with Crippen LogP contribution in [0.3, 0.4) is 0 Å². The van der Waals surface area contributed by atoms with E-state index in [1.807, 2.05) is 0 Å². The van der Waals surface area contributed by atoms with Gasteiger partial charge in [0.2, 0.25) is 0 Å². The molecule has 3 unspecified atom stereocenters. The molecule has 0 heterocycles. The van der Waals surface area contributed by atoms with E-state index in [0.29, 0.717) is 25.7 Å². The summed E-state index contributed by atoms with van der Waals surface area (Å²) in [6, 6.07) is 0. The van der Waals surface area contributed by atoms with Gasteiger partial charge in [0, 0.05) is 33.0 Å². The van der Waals surface area contributed by atoms with Crippen LogP contribution in [0.2, 0.25) is 0 Å². The number of rotatable bonds is 12. The molecule has 5 nitrogen and oxygen atoms in total. The van der Waals surface area contributed by atoms with Gasteiger partial charge in [-0.3, -0.25) is 0 Å². The highest BCUT2D eigenvalue weighted by Crippen LogP contribution is 2.31. The van der Waals surface area contributed by atoms with E-state index < -0.39 is 0 Å². The van der Waals surface area contributed by atoms with Gasteiger partial charge in [-0.1, -0.05) is 0 Å². The lowest BCUT2D eigenvalue weighted by molar-refractivity contribution is 0.0613. The van der Waals surface area contributed by atoms with Crippen molar-refractivity contribution in [3.05, 3.63) is 0 Å². The Hall–Kier alpha value is -0.200. The molecule has 0 aromatic heterocycles. The Labute approximate surface area is 109 Å². The van der Waals surface area contributed by atoms with Gasteiger partial charge in [0.15, 0.2) is 0 Å². The topological polar surface area (TPSA) is 101 Å². The van der Waals surface area contributed by atoms with Crippen molar-refractivity contribution in [1.82, 2.24) is 0 Å². The minimum atomic E-state index is -0.0580. The van der Waals surface area contributed by atoms with Crippen LogP contribution in [0, 0.1) is 17.8 Å². The van der Waals surface area contributed by atoms with Gasteiger partial charge in [-0.15, -0.1) is 0 Å². The molecular weight excluding hydrogens is 236 g/mol. The summed E-state index contributed by atoms with van der Waals surface area (Å²) in [5.41, 5.74) is 0. The van der Waals surface area contributed by atoms with Crippen LogP contribution >= 0.6 is 0 Å². The third kappa shape index (κ3) is 6.66. The Morgan fingerprint density at radius 3 is 1.50 bits per heavy atom. The molecule has 5 heteroatoms. The predicted molar refractivity (Wildman–Crippen MR) is 69.0 cm³/mol. The molecule has 0 radical (unpaired) electrons. The minimum absolute atomic E-state index is 0.00685. The van der Waals surface area contributed by atoms with Crippen molar-refractivity contribution in [3.63, 3.8) is 0 Å². The van der Waals surface area contributed by atoms with Crippen LogP contribution in [-0.4, -0.2) is 58.6 Å². The van der Waals surface area contributed by atoms with Crippen LogP contribution in [-0.2, 0) is 0 Å². The quantitative estimate of drug-likeness (QED) is 0.334.